The van der Waals surface area contributed by atoms with Gasteiger partial charge in [-0.15, -0.1) is 0 Å². The molecule has 1 amide bonds. The maximum Gasteiger partial charge on any atom is 0.296 e. The van der Waals surface area contributed by atoms with E-state index in [1.54, 1.807) is 30.3 Å². The molecule has 2 aromatic carbocycles. The molecule has 2 N–H and O–H groups in total. The Bertz CT molecular complexity index is 739. The molecular weight excluding hydrogens is 325 g/mol. The Labute approximate surface area is 137 Å². The number of nitrogens with one attached hydrogen (secondary N) is 1. The highest BCUT2D eigenvalue weighted by Crippen LogP contribution is 2.17. The van der Waals surface area contributed by atoms with Crippen LogP contribution in [0.1, 0.15) is 5.56 Å². The summed E-state index contributed by atoms with van der Waals surface area (Å²) in [4.78, 5) is 23.5. The molecule has 0 spiro atoms. The predicted molar refractivity (Wildman–Crippen MR) is 87.1 cm³/mol. The lowest BCUT2D eigenvalue weighted by Crippen LogP contribution is -2.21. The van der Waals surface area contributed by atoms with Gasteiger partial charge in [0.2, 0.25) is 5.78 Å². The van der Waals surface area contributed by atoms with Crippen LogP contribution >= 0.6 is 23.2 Å². The third-order valence-electron chi connectivity index (χ3n) is 2.71. The summed E-state index contributed by atoms with van der Waals surface area (Å²) in [6, 6.07) is 12.6. The first-order valence-corrected chi connectivity index (χ1v) is 6.99. The van der Waals surface area contributed by atoms with Crippen molar-refractivity contribution in [3.63, 3.8) is 0 Å². The molecular formula is C16H11Cl2NO3. The van der Waals surface area contributed by atoms with Gasteiger partial charge < -0.3 is 10.4 Å². The monoisotopic (exact) mass is 335 g/mol. The van der Waals surface area contributed by atoms with E-state index in [1.165, 1.54) is 18.2 Å². The predicted octanol–water partition coefficient (Wildman–Crippen LogP) is 4.10. The van der Waals surface area contributed by atoms with Crippen LogP contribution < -0.4 is 5.32 Å². The highest BCUT2D eigenvalue weighted by Gasteiger charge is 2.13. The largest absolute Gasteiger partial charge is 0.507 e. The molecule has 2 rings (SSSR count). The minimum absolute atomic E-state index is 0.317. The summed E-state index contributed by atoms with van der Waals surface area (Å²) in [6.45, 7) is 0. The number of aliphatic hydroxyl groups excluding tert-OH is 1. The van der Waals surface area contributed by atoms with Crippen molar-refractivity contribution in [2.75, 3.05) is 5.32 Å². The average Bonchev–Trinajstić information content (AvgIpc) is 2.47. The van der Waals surface area contributed by atoms with Crippen molar-refractivity contribution in [3.8, 4) is 0 Å². The standard InChI is InChI=1S/C16H11Cl2NO3/c17-11-6-4-10(5-7-11)14(20)9-15(21)16(22)19-13-3-1-2-12(18)8-13/h1-9,20H,(H,19,22)/b14-9-. The number of halogens is 2. The molecule has 4 nitrogen and oxygen atoms in total. The second kappa shape index (κ2) is 7.11. The lowest BCUT2D eigenvalue weighted by atomic mass is 10.1. The number of hydrogen-bond donors (Lipinski definition) is 2. The topological polar surface area (TPSA) is 66.4 Å². The van der Waals surface area contributed by atoms with Crippen molar-refractivity contribution >= 4 is 46.3 Å². The molecule has 2 aromatic rings. The normalized spacial score (nSPS) is 11.1. The van der Waals surface area contributed by atoms with Crippen LogP contribution in [0, 0.1) is 0 Å². The number of carbonyl (C=O) groups is 2. The average molecular weight is 336 g/mol. The number of ketones is 1. The quantitative estimate of drug-likeness (QED) is 0.502. The van der Waals surface area contributed by atoms with Crippen LogP contribution in [0.2, 0.25) is 10.0 Å². The van der Waals surface area contributed by atoms with Gasteiger partial charge in [-0.05, 0) is 42.5 Å². The molecule has 0 fully saturated rings. The summed E-state index contributed by atoms with van der Waals surface area (Å²) < 4.78 is 0. The SMILES string of the molecule is O=C(/C=C(\O)c1ccc(Cl)cc1)C(=O)Nc1cccc(Cl)c1. The van der Waals surface area contributed by atoms with Crippen LogP contribution in [-0.2, 0) is 9.59 Å². The number of amides is 1. The molecule has 0 unspecified atom stereocenters. The van der Waals surface area contributed by atoms with E-state index < -0.39 is 11.7 Å². The fourth-order valence-corrected chi connectivity index (χ4v) is 1.97. The second-order valence-corrected chi connectivity index (χ2v) is 5.24. The molecule has 0 aromatic heterocycles. The minimum Gasteiger partial charge on any atom is -0.507 e. The highest BCUT2D eigenvalue weighted by atomic mass is 35.5. The van der Waals surface area contributed by atoms with E-state index in [9.17, 15) is 14.7 Å². The molecule has 0 atom stereocenters. The molecule has 0 bridgehead atoms. The number of carbonyl (C=O) groups excluding carboxylic acids is 2. The molecule has 6 heteroatoms. The van der Waals surface area contributed by atoms with Crippen LogP contribution in [0.15, 0.2) is 54.6 Å². The van der Waals surface area contributed by atoms with Crippen LogP contribution in [0.4, 0.5) is 5.69 Å². The third kappa shape index (κ3) is 4.35. The Morgan fingerprint density at radius 3 is 2.32 bits per heavy atom. The van der Waals surface area contributed by atoms with Gasteiger partial charge in [-0.1, -0.05) is 29.3 Å². The first kappa shape index (κ1) is 16.1. The number of anilines is 1. The summed E-state index contributed by atoms with van der Waals surface area (Å²) in [6.07, 6.45) is 0.850. The van der Waals surface area contributed by atoms with Crippen molar-refractivity contribution in [2.45, 2.75) is 0 Å². The van der Waals surface area contributed by atoms with Crippen LogP contribution in [-0.4, -0.2) is 16.8 Å². The van der Waals surface area contributed by atoms with E-state index in [0.29, 0.717) is 21.3 Å². The van der Waals surface area contributed by atoms with Gasteiger partial charge in [0.25, 0.3) is 5.91 Å². The zero-order valence-electron chi connectivity index (χ0n) is 11.2. The maximum atomic E-state index is 11.8. The van der Waals surface area contributed by atoms with Gasteiger partial charge in [-0.25, -0.2) is 0 Å². The van der Waals surface area contributed by atoms with Gasteiger partial charge in [-0.3, -0.25) is 9.59 Å². The summed E-state index contributed by atoms with van der Waals surface area (Å²) in [5.41, 5.74) is 0.776. The molecule has 0 saturated carbocycles. The Hall–Kier alpha value is -2.30. The van der Waals surface area contributed by atoms with Crippen molar-refractivity contribution in [2.24, 2.45) is 0 Å². The summed E-state index contributed by atoms with van der Waals surface area (Å²) in [5.74, 6) is -2.07. The van der Waals surface area contributed by atoms with E-state index in [4.69, 9.17) is 23.2 Å². The Kier molecular flexibility index (Phi) is 5.20. The Morgan fingerprint density at radius 1 is 1.00 bits per heavy atom. The van der Waals surface area contributed by atoms with Gasteiger partial charge in [0.15, 0.2) is 0 Å². The Balaban J connectivity index is 2.08. The van der Waals surface area contributed by atoms with Gasteiger partial charge >= 0.3 is 0 Å². The van der Waals surface area contributed by atoms with Crippen LogP contribution in [0.3, 0.4) is 0 Å². The fraction of sp³-hybridized carbons (Fsp3) is 0. The smallest absolute Gasteiger partial charge is 0.296 e. The molecule has 0 saturated heterocycles. The third-order valence-corrected chi connectivity index (χ3v) is 3.20. The first-order chi connectivity index (χ1) is 10.5. The molecule has 112 valence electrons. The number of rotatable bonds is 4. The Morgan fingerprint density at radius 2 is 1.68 bits per heavy atom. The molecule has 0 aliphatic carbocycles. The number of hydrogen-bond acceptors (Lipinski definition) is 3. The fourth-order valence-electron chi connectivity index (χ4n) is 1.65. The molecule has 0 radical (unpaired) electrons. The zero-order valence-corrected chi connectivity index (χ0v) is 12.7. The summed E-state index contributed by atoms with van der Waals surface area (Å²) in [7, 11) is 0. The van der Waals surface area contributed by atoms with Crippen LogP contribution in [0.25, 0.3) is 5.76 Å². The second-order valence-electron chi connectivity index (χ2n) is 4.37. The summed E-state index contributed by atoms with van der Waals surface area (Å²) >= 11 is 11.5. The van der Waals surface area contributed by atoms with Gasteiger partial charge in [0.1, 0.15) is 5.76 Å². The van der Waals surface area contributed by atoms with E-state index in [-0.39, 0.29) is 5.76 Å². The van der Waals surface area contributed by atoms with E-state index in [0.717, 1.165) is 6.08 Å². The number of aliphatic hydroxyl groups is 1. The van der Waals surface area contributed by atoms with Crippen molar-refractivity contribution < 1.29 is 14.7 Å². The van der Waals surface area contributed by atoms with Crippen molar-refractivity contribution in [1.29, 1.82) is 0 Å². The van der Waals surface area contributed by atoms with E-state index in [1.807, 2.05) is 0 Å². The molecule has 0 aliphatic heterocycles. The first-order valence-electron chi connectivity index (χ1n) is 6.23. The summed E-state index contributed by atoms with van der Waals surface area (Å²) in [5, 5.41) is 13.2. The van der Waals surface area contributed by atoms with Gasteiger partial charge in [0, 0.05) is 27.4 Å². The number of benzene rings is 2. The highest BCUT2D eigenvalue weighted by molar-refractivity contribution is 6.45. The van der Waals surface area contributed by atoms with E-state index in [2.05, 4.69) is 5.32 Å². The van der Waals surface area contributed by atoms with Crippen molar-refractivity contribution in [1.82, 2.24) is 0 Å². The zero-order chi connectivity index (χ0) is 16.1. The van der Waals surface area contributed by atoms with Gasteiger partial charge in [-0.2, -0.15) is 0 Å². The molecule has 22 heavy (non-hydrogen) atoms. The minimum atomic E-state index is -0.882. The lowest BCUT2D eigenvalue weighted by Gasteiger charge is -2.04. The lowest BCUT2D eigenvalue weighted by molar-refractivity contribution is -0.131. The molecule has 0 aliphatic rings. The molecule has 0 heterocycles. The van der Waals surface area contributed by atoms with E-state index >= 15 is 0 Å². The maximum absolute atomic E-state index is 11.8. The van der Waals surface area contributed by atoms with Crippen molar-refractivity contribution in [3.05, 3.63) is 70.2 Å². The van der Waals surface area contributed by atoms with Gasteiger partial charge in [0.05, 0.1) is 0 Å². The van der Waals surface area contributed by atoms with Crippen LogP contribution in [0.5, 0.6) is 0 Å².